The van der Waals surface area contributed by atoms with Crippen LogP contribution in [0.15, 0.2) is 79.0 Å². The van der Waals surface area contributed by atoms with Gasteiger partial charge in [-0.2, -0.15) is 0 Å². The molecular weight excluding hydrogens is 338 g/mol. The van der Waals surface area contributed by atoms with Crippen molar-refractivity contribution < 1.29 is 0 Å². The first-order chi connectivity index (χ1) is 13.7. The summed E-state index contributed by atoms with van der Waals surface area (Å²) in [6.45, 7) is 4.35. The maximum absolute atomic E-state index is 4.67. The summed E-state index contributed by atoms with van der Waals surface area (Å²) in [7, 11) is 0. The van der Waals surface area contributed by atoms with Gasteiger partial charge in [0.15, 0.2) is 0 Å². The number of nitrogens with zero attached hydrogens (tertiary/aromatic N) is 1. The molecule has 0 saturated carbocycles. The van der Waals surface area contributed by atoms with Crippen LogP contribution in [0.4, 0.5) is 0 Å². The maximum atomic E-state index is 4.67. The van der Waals surface area contributed by atoms with Crippen LogP contribution < -0.4 is 0 Å². The number of benzene rings is 4. The van der Waals surface area contributed by atoms with E-state index in [1.54, 1.807) is 0 Å². The number of fused-ring (bicyclic) bond motifs is 5. The average molecular weight is 357 g/mol. The highest BCUT2D eigenvalue weighted by Gasteiger charge is 2.26. The van der Waals surface area contributed by atoms with Crippen molar-refractivity contribution in [2.24, 2.45) is 0 Å². The van der Waals surface area contributed by atoms with Crippen molar-refractivity contribution in [2.45, 2.75) is 13.8 Å². The minimum Gasteiger partial charge on any atom is -0.256 e. The van der Waals surface area contributed by atoms with Crippen LogP contribution in [-0.4, -0.2) is 4.98 Å². The Hall–Kier alpha value is -3.45. The zero-order valence-corrected chi connectivity index (χ0v) is 16.0. The van der Waals surface area contributed by atoms with Crippen molar-refractivity contribution in [3.63, 3.8) is 0 Å². The van der Waals surface area contributed by atoms with Crippen LogP contribution >= 0.6 is 0 Å². The van der Waals surface area contributed by atoms with E-state index in [-0.39, 0.29) is 0 Å². The lowest BCUT2D eigenvalue weighted by Gasteiger charge is -2.13. The Bertz CT molecular complexity index is 1430. The molecule has 0 saturated heterocycles. The Balaban J connectivity index is 1.80. The molecule has 1 aromatic heterocycles. The lowest BCUT2D eigenvalue weighted by atomic mass is 9.90. The molecule has 1 aliphatic rings. The van der Waals surface area contributed by atoms with Gasteiger partial charge in [-0.3, -0.25) is 4.98 Å². The van der Waals surface area contributed by atoms with Gasteiger partial charge in [0.25, 0.3) is 0 Å². The van der Waals surface area contributed by atoms with Crippen molar-refractivity contribution in [1.82, 2.24) is 4.98 Å². The van der Waals surface area contributed by atoms with Crippen LogP contribution in [-0.2, 0) is 0 Å². The van der Waals surface area contributed by atoms with Crippen molar-refractivity contribution in [1.29, 1.82) is 0 Å². The molecule has 0 N–H and O–H groups in total. The van der Waals surface area contributed by atoms with Crippen molar-refractivity contribution >= 4 is 21.7 Å². The van der Waals surface area contributed by atoms with E-state index < -0.39 is 0 Å². The smallest absolute Gasteiger partial charge is 0.0714 e. The second-order valence-corrected chi connectivity index (χ2v) is 7.83. The number of hydrogen-bond donors (Lipinski definition) is 0. The predicted molar refractivity (Wildman–Crippen MR) is 119 cm³/mol. The topological polar surface area (TPSA) is 12.9 Å². The van der Waals surface area contributed by atoms with Crippen LogP contribution in [0.25, 0.3) is 55.1 Å². The molecule has 6 rings (SSSR count). The van der Waals surface area contributed by atoms with E-state index in [2.05, 4.69) is 85.6 Å². The lowest BCUT2D eigenvalue weighted by molar-refractivity contribution is 1.42. The summed E-state index contributed by atoms with van der Waals surface area (Å²) in [5, 5.41) is 3.88. The number of aryl methyl sites for hydroxylation is 2. The molecule has 0 spiro atoms. The lowest BCUT2D eigenvalue weighted by Crippen LogP contribution is -1.88. The average Bonchev–Trinajstić information content (AvgIpc) is 3.02. The van der Waals surface area contributed by atoms with Crippen LogP contribution in [0, 0.1) is 13.8 Å². The molecule has 0 bridgehead atoms. The number of hydrogen-bond acceptors (Lipinski definition) is 1. The number of pyridine rings is 1. The van der Waals surface area contributed by atoms with Gasteiger partial charge in [-0.1, -0.05) is 66.2 Å². The molecular formula is C27H19N. The Morgan fingerprint density at radius 2 is 1.43 bits per heavy atom. The summed E-state index contributed by atoms with van der Waals surface area (Å²) in [6, 6.07) is 26.6. The van der Waals surface area contributed by atoms with E-state index in [0.29, 0.717) is 0 Å². The molecule has 1 heterocycles. The zero-order valence-electron chi connectivity index (χ0n) is 16.0. The largest absolute Gasteiger partial charge is 0.256 e. The van der Waals surface area contributed by atoms with E-state index in [1.165, 1.54) is 60.7 Å². The Morgan fingerprint density at radius 3 is 2.32 bits per heavy atom. The molecule has 1 nitrogen and oxygen atoms in total. The Morgan fingerprint density at radius 1 is 0.607 bits per heavy atom. The first kappa shape index (κ1) is 15.6. The van der Waals surface area contributed by atoms with Crippen molar-refractivity contribution in [3.05, 3.63) is 90.1 Å². The first-order valence-electron chi connectivity index (χ1n) is 9.73. The van der Waals surface area contributed by atoms with Gasteiger partial charge in [0.1, 0.15) is 0 Å². The molecule has 0 fully saturated rings. The van der Waals surface area contributed by atoms with Gasteiger partial charge in [-0.05, 0) is 75.7 Å². The molecule has 1 heteroatoms. The van der Waals surface area contributed by atoms with E-state index in [1.807, 2.05) is 12.3 Å². The Kier molecular flexibility index (Phi) is 3.08. The summed E-state index contributed by atoms with van der Waals surface area (Å²) in [5.74, 6) is 0. The zero-order chi connectivity index (χ0) is 18.8. The third-order valence-electron chi connectivity index (χ3n) is 5.91. The van der Waals surface area contributed by atoms with E-state index in [9.17, 15) is 0 Å². The standard InChI is InChI=1S/C27H19N/c1-16-6-3-7-18(12-16)22-13-17(2)14-23-21-9-4-8-20-19-10-5-11-28-25(19)15-24(26(20)21)27(22)23/h3-15H,1-2H3. The second kappa shape index (κ2) is 5.53. The van der Waals surface area contributed by atoms with Crippen molar-refractivity contribution in [2.75, 3.05) is 0 Å². The summed E-state index contributed by atoms with van der Waals surface area (Å²) in [5.41, 5.74) is 11.6. The molecule has 4 aromatic carbocycles. The van der Waals surface area contributed by atoms with Gasteiger partial charge in [0.05, 0.1) is 5.52 Å². The number of aromatic nitrogens is 1. The SMILES string of the molecule is Cc1cccc(-c2cc(C)cc3c2-c2cc4ncccc4c4cccc-3c24)c1. The van der Waals surface area contributed by atoms with Gasteiger partial charge < -0.3 is 0 Å². The molecule has 0 atom stereocenters. The highest BCUT2D eigenvalue weighted by atomic mass is 14.6. The predicted octanol–water partition coefficient (Wildman–Crippen LogP) is 7.32. The Labute approximate surface area is 164 Å². The quantitative estimate of drug-likeness (QED) is 0.281. The molecule has 5 aromatic rings. The molecule has 0 aliphatic heterocycles. The summed E-state index contributed by atoms with van der Waals surface area (Å²) < 4.78 is 0. The second-order valence-electron chi connectivity index (χ2n) is 7.83. The monoisotopic (exact) mass is 357 g/mol. The molecule has 0 radical (unpaired) electrons. The van der Waals surface area contributed by atoms with Gasteiger partial charge >= 0.3 is 0 Å². The minimum absolute atomic E-state index is 1.06. The molecule has 132 valence electrons. The third kappa shape index (κ3) is 2.05. The van der Waals surface area contributed by atoms with Gasteiger partial charge in [-0.15, -0.1) is 0 Å². The fourth-order valence-corrected chi connectivity index (χ4v) is 4.79. The molecule has 0 unspecified atom stereocenters. The fourth-order valence-electron chi connectivity index (χ4n) is 4.79. The van der Waals surface area contributed by atoms with E-state index in [0.717, 1.165) is 5.52 Å². The summed E-state index contributed by atoms with van der Waals surface area (Å²) in [6.07, 6.45) is 1.89. The summed E-state index contributed by atoms with van der Waals surface area (Å²) >= 11 is 0. The normalized spacial score (nSPS) is 11.9. The van der Waals surface area contributed by atoms with Gasteiger partial charge in [-0.25, -0.2) is 0 Å². The molecule has 28 heavy (non-hydrogen) atoms. The summed E-state index contributed by atoms with van der Waals surface area (Å²) in [4.78, 5) is 4.67. The number of rotatable bonds is 1. The highest BCUT2D eigenvalue weighted by molar-refractivity contribution is 6.24. The van der Waals surface area contributed by atoms with Crippen LogP contribution in [0.3, 0.4) is 0 Å². The van der Waals surface area contributed by atoms with E-state index >= 15 is 0 Å². The maximum Gasteiger partial charge on any atom is 0.0714 e. The van der Waals surface area contributed by atoms with Crippen LogP contribution in [0.1, 0.15) is 11.1 Å². The van der Waals surface area contributed by atoms with Crippen LogP contribution in [0.2, 0.25) is 0 Å². The first-order valence-corrected chi connectivity index (χ1v) is 9.73. The highest BCUT2D eigenvalue weighted by Crippen LogP contribution is 2.52. The van der Waals surface area contributed by atoms with Gasteiger partial charge in [0.2, 0.25) is 0 Å². The fraction of sp³-hybridized carbons (Fsp3) is 0.0741. The molecule has 1 aliphatic carbocycles. The molecule has 0 amide bonds. The van der Waals surface area contributed by atoms with E-state index in [4.69, 9.17) is 0 Å². The van der Waals surface area contributed by atoms with Crippen LogP contribution in [0.5, 0.6) is 0 Å². The van der Waals surface area contributed by atoms with Crippen molar-refractivity contribution in [3.8, 4) is 33.4 Å². The third-order valence-corrected chi connectivity index (χ3v) is 5.91. The minimum atomic E-state index is 1.06. The van der Waals surface area contributed by atoms with Gasteiger partial charge in [0, 0.05) is 11.6 Å².